The summed E-state index contributed by atoms with van der Waals surface area (Å²) in [6, 6.07) is 3.70. The van der Waals surface area contributed by atoms with E-state index in [1.54, 1.807) is 13.2 Å². The highest BCUT2D eigenvalue weighted by atomic mass is 16.5. The SMILES string of the molecule is COc1cc(C)c2c(c1)OCC2O. The summed E-state index contributed by atoms with van der Waals surface area (Å²) in [4.78, 5) is 0. The number of hydrogen-bond donors (Lipinski definition) is 1. The van der Waals surface area contributed by atoms with E-state index < -0.39 is 6.10 Å². The number of rotatable bonds is 1. The standard InChI is InChI=1S/C10H12O3/c1-6-3-7(12-2)4-9-10(6)8(11)5-13-9/h3-4,8,11H,5H2,1-2H3. The smallest absolute Gasteiger partial charge is 0.129 e. The van der Waals surface area contributed by atoms with E-state index in [1.807, 2.05) is 13.0 Å². The zero-order valence-corrected chi connectivity index (χ0v) is 7.70. The number of aliphatic hydroxyl groups excluding tert-OH is 1. The molecule has 1 unspecified atom stereocenters. The lowest BCUT2D eigenvalue weighted by Crippen LogP contribution is -1.98. The molecule has 0 spiro atoms. The molecule has 1 aromatic carbocycles. The summed E-state index contributed by atoms with van der Waals surface area (Å²) in [5.74, 6) is 1.51. The Labute approximate surface area is 76.9 Å². The number of aliphatic hydroxyl groups is 1. The number of aryl methyl sites for hydroxylation is 1. The van der Waals surface area contributed by atoms with E-state index >= 15 is 0 Å². The molecule has 0 saturated carbocycles. The average Bonchev–Trinajstić information content (AvgIpc) is 2.48. The van der Waals surface area contributed by atoms with Gasteiger partial charge in [-0.05, 0) is 18.6 Å². The molecule has 13 heavy (non-hydrogen) atoms. The third-order valence-electron chi connectivity index (χ3n) is 2.29. The predicted octanol–water partition coefficient (Wildman–Crippen LogP) is 1.43. The fourth-order valence-corrected chi connectivity index (χ4v) is 1.65. The van der Waals surface area contributed by atoms with Gasteiger partial charge in [-0.2, -0.15) is 0 Å². The molecule has 2 rings (SSSR count). The van der Waals surface area contributed by atoms with Gasteiger partial charge >= 0.3 is 0 Å². The summed E-state index contributed by atoms with van der Waals surface area (Å²) in [7, 11) is 1.62. The van der Waals surface area contributed by atoms with Crippen molar-refractivity contribution in [2.75, 3.05) is 13.7 Å². The van der Waals surface area contributed by atoms with Gasteiger partial charge in [-0.25, -0.2) is 0 Å². The maximum atomic E-state index is 9.56. The molecule has 0 amide bonds. The third-order valence-corrected chi connectivity index (χ3v) is 2.29. The van der Waals surface area contributed by atoms with E-state index in [0.717, 1.165) is 22.6 Å². The summed E-state index contributed by atoms with van der Waals surface area (Å²) < 4.78 is 10.4. The van der Waals surface area contributed by atoms with Crippen LogP contribution in [-0.2, 0) is 0 Å². The lowest BCUT2D eigenvalue weighted by atomic mass is 10.0. The Morgan fingerprint density at radius 3 is 3.00 bits per heavy atom. The highest BCUT2D eigenvalue weighted by molar-refractivity contribution is 5.49. The first-order valence-corrected chi connectivity index (χ1v) is 4.21. The molecule has 0 bridgehead atoms. The van der Waals surface area contributed by atoms with Crippen LogP contribution in [0.1, 0.15) is 17.2 Å². The third kappa shape index (κ3) is 1.25. The summed E-state index contributed by atoms with van der Waals surface area (Å²) in [5.41, 5.74) is 1.90. The van der Waals surface area contributed by atoms with Crippen LogP contribution in [0.4, 0.5) is 0 Å². The van der Waals surface area contributed by atoms with Crippen molar-refractivity contribution in [3.8, 4) is 11.5 Å². The van der Waals surface area contributed by atoms with Gasteiger partial charge in [-0.15, -0.1) is 0 Å². The highest BCUT2D eigenvalue weighted by Crippen LogP contribution is 2.37. The lowest BCUT2D eigenvalue weighted by Gasteiger charge is -2.07. The van der Waals surface area contributed by atoms with E-state index in [0.29, 0.717) is 6.61 Å². The van der Waals surface area contributed by atoms with Crippen LogP contribution in [0.5, 0.6) is 11.5 Å². The Kier molecular flexibility index (Phi) is 1.88. The largest absolute Gasteiger partial charge is 0.497 e. The van der Waals surface area contributed by atoms with Crippen molar-refractivity contribution in [1.82, 2.24) is 0 Å². The average molecular weight is 180 g/mol. The van der Waals surface area contributed by atoms with Crippen molar-refractivity contribution in [3.05, 3.63) is 23.3 Å². The molecular formula is C10H12O3. The molecule has 1 aliphatic heterocycles. The lowest BCUT2D eigenvalue weighted by molar-refractivity contribution is 0.140. The molecule has 1 N–H and O–H groups in total. The fourth-order valence-electron chi connectivity index (χ4n) is 1.65. The van der Waals surface area contributed by atoms with Crippen molar-refractivity contribution in [2.45, 2.75) is 13.0 Å². The van der Waals surface area contributed by atoms with Crippen LogP contribution in [0.3, 0.4) is 0 Å². The monoisotopic (exact) mass is 180 g/mol. The Balaban J connectivity index is 2.53. The van der Waals surface area contributed by atoms with E-state index in [4.69, 9.17) is 9.47 Å². The normalized spacial score (nSPS) is 19.5. The molecule has 1 heterocycles. The van der Waals surface area contributed by atoms with E-state index in [2.05, 4.69) is 0 Å². The maximum Gasteiger partial charge on any atom is 0.129 e. The van der Waals surface area contributed by atoms with Gasteiger partial charge in [-0.1, -0.05) is 0 Å². The first-order valence-electron chi connectivity index (χ1n) is 4.21. The highest BCUT2D eigenvalue weighted by Gasteiger charge is 2.24. The number of benzene rings is 1. The summed E-state index contributed by atoms with van der Waals surface area (Å²) >= 11 is 0. The van der Waals surface area contributed by atoms with Crippen LogP contribution >= 0.6 is 0 Å². The first kappa shape index (κ1) is 8.38. The Morgan fingerprint density at radius 1 is 1.54 bits per heavy atom. The van der Waals surface area contributed by atoms with Crippen LogP contribution in [0, 0.1) is 6.92 Å². The second-order valence-corrected chi connectivity index (χ2v) is 3.18. The van der Waals surface area contributed by atoms with Gasteiger partial charge in [0.1, 0.15) is 24.2 Å². The molecule has 0 aromatic heterocycles. The zero-order valence-electron chi connectivity index (χ0n) is 7.70. The topological polar surface area (TPSA) is 38.7 Å². The van der Waals surface area contributed by atoms with Crippen molar-refractivity contribution in [2.24, 2.45) is 0 Å². The molecule has 1 atom stereocenters. The van der Waals surface area contributed by atoms with E-state index in [1.165, 1.54) is 0 Å². The quantitative estimate of drug-likeness (QED) is 0.710. The van der Waals surface area contributed by atoms with Crippen LogP contribution in [0.15, 0.2) is 12.1 Å². The molecule has 0 fully saturated rings. The van der Waals surface area contributed by atoms with Crippen LogP contribution < -0.4 is 9.47 Å². The predicted molar refractivity (Wildman–Crippen MR) is 48.2 cm³/mol. The summed E-state index contributed by atoms with van der Waals surface area (Å²) in [5, 5.41) is 9.56. The van der Waals surface area contributed by atoms with Gasteiger partial charge in [0, 0.05) is 11.6 Å². The van der Waals surface area contributed by atoms with Gasteiger partial charge in [0.15, 0.2) is 0 Å². The zero-order chi connectivity index (χ0) is 9.42. The Morgan fingerprint density at radius 2 is 2.31 bits per heavy atom. The molecular weight excluding hydrogens is 168 g/mol. The van der Waals surface area contributed by atoms with Crippen LogP contribution in [0.25, 0.3) is 0 Å². The van der Waals surface area contributed by atoms with Crippen molar-refractivity contribution in [1.29, 1.82) is 0 Å². The fraction of sp³-hybridized carbons (Fsp3) is 0.400. The van der Waals surface area contributed by atoms with Gasteiger partial charge in [0.05, 0.1) is 7.11 Å². The van der Waals surface area contributed by atoms with Crippen molar-refractivity contribution < 1.29 is 14.6 Å². The van der Waals surface area contributed by atoms with E-state index in [9.17, 15) is 5.11 Å². The minimum absolute atomic E-state index is 0.351. The number of methoxy groups -OCH3 is 1. The Hall–Kier alpha value is -1.22. The minimum atomic E-state index is -0.485. The summed E-state index contributed by atoms with van der Waals surface area (Å²) in [6.07, 6.45) is -0.485. The van der Waals surface area contributed by atoms with Crippen LogP contribution in [0.2, 0.25) is 0 Å². The molecule has 0 radical (unpaired) electrons. The molecule has 1 aromatic rings. The number of fused-ring (bicyclic) bond motifs is 1. The molecule has 1 aliphatic rings. The van der Waals surface area contributed by atoms with Gasteiger partial charge in [0.2, 0.25) is 0 Å². The second-order valence-electron chi connectivity index (χ2n) is 3.18. The summed E-state index contributed by atoms with van der Waals surface area (Å²) in [6.45, 7) is 2.29. The first-order chi connectivity index (χ1) is 6.22. The van der Waals surface area contributed by atoms with Crippen LogP contribution in [-0.4, -0.2) is 18.8 Å². The van der Waals surface area contributed by atoms with E-state index in [-0.39, 0.29) is 0 Å². The number of ether oxygens (including phenoxy) is 2. The maximum absolute atomic E-state index is 9.56. The molecule has 0 saturated heterocycles. The van der Waals surface area contributed by atoms with Crippen molar-refractivity contribution in [3.63, 3.8) is 0 Å². The minimum Gasteiger partial charge on any atom is -0.497 e. The number of hydrogen-bond acceptors (Lipinski definition) is 3. The molecule has 3 heteroatoms. The second kappa shape index (κ2) is 2.92. The van der Waals surface area contributed by atoms with Gasteiger partial charge in [0.25, 0.3) is 0 Å². The molecule has 3 nitrogen and oxygen atoms in total. The molecule has 70 valence electrons. The van der Waals surface area contributed by atoms with Gasteiger partial charge in [-0.3, -0.25) is 0 Å². The van der Waals surface area contributed by atoms with Crippen molar-refractivity contribution >= 4 is 0 Å². The Bertz CT molecular complexity index is 333. The van der Waals surface area contributed by atoms with Gasteiger partial charge < -0.3 is 14.6 Å². The molecule has 0 aliphatic carbocycles.